The van der Waals surface area contributed by atoms with Crippen LogP contribution in [0.4, 0.5) is 33.5 Å². The van der Waals surface area contributed by atoms with Crippen molar-refractivity contribution in [3.8, 4) is 5.75 Å². The van der Waals surface area contributed by atoms with Gasteiger partial charge in [-0.2, -0.15) is 27.1 Å². The van der Waals surface area contributed by atoms with Gasteiger partial charge in [-0.15, -0.1) is 0 Å². The number of nitrogens with one attached hydrogen (secondary N) is 2. The predicted molar refractivity (Wildman–Crippen MR) is 99.0 cm³/mol. The van der Waals surface area contributed by atoms with E-state index < -0.39 is 36.3 Å². The quantitative estimate of drug-likeness (QED) is 0.626. The van der Waals surface area contributed by atoms with E-state index in [9.17, 15) is 31.9 Å². The maximum Gasteiger partial charge on any atom is 0.422 e. The van der Waals surface area contributed by atoms with Gasteiger partial charge in [-0.1, -0.05) is 0 Å². The summed E-state index contributed by atoms with van der Waals surface area (Å²) in [6.45, 7) is -1.93. The number of carbonyl (C=O) groups is 1. The molecule has 0 bridgehead atoms. The molecule has 1 atom stereocenters. The van der Waals surface area contributed by atoms with Crippen molar-refractivity contribution >= 4 is 17.4 Å². The zero-order valence-electron chi connectivity index (χ0n) is 16.0. The number of anilines is 2. The first-order valence-corrected chi connectivity index (χ1v) is 9.56. The van der Waals surface area contributed by atoms with Gasteiger partial charge in [0.25, 0.3) is 0 Å². The number of rotatable bonds is 4. The summed E-state index contributed by atoms with van der Waals surface area (Å²) in [5, 5.41) is 19.1. The third-order valence-electron chi connectivity index (χ3n) is 5.68. The number of alkyl halides is 5. The number of hydrogen-bond acceptors (Lipinski definition) is 5. The minimum atomic E-state index is -5.04. The van der Waals surface area contributed by atoms with Gasteiger partial charge in [0.05, 0.1) is 12.0 Å². The number of aromatic nitrogens is 2. The van der Waals surface area contributed by atoms with Gasteiger partial charge in [-0.3, -0.25) is 9.89 Å². The fourth-order valence-electron chi connectivity index (χ4n) is 4.16. The molecule has 7 nitrogen and oxygen atoms in total. The van der Waals surface area contributed by atoms with E-state index in [4.69, 9.17) is 0 Å². The molecule has 2 aliphatic heterocycles. The normalized spacial score (nSPS) is 22.4. The van der Waals surface area contributed by atoms with Gasteiger partial charge >= 0.3 is 12.8 Å². The SMILES string of the molecule is O=C1C[C@](O)(C(F)(F)F)c2c(n[nH]c2C2CCN(c3ccc(OC(F)F)cc3)CC2)N1. The van der Waals surface area contributed by atoms with E-state index in [1.165, 1.54) is 12.1 Å². The Morgan fingerprint density at radius 1 is 1.19 bits per heavy atom. The number of hydrogen-bond donors (Lipinski definition) is 3. The highest BCUT2D eigenvalue weighted by molar-refractivity contribution is 5.94. The van der Waals surface area contributed by atoms with Crippen molar-refractivity contribution < 1.29 is 36.6 Å². The lowest BCUT2D eigenvalue weighted by Gasteiger charge is -2.37. The Balaban J connectivity index is 1.51. The van der Waals surface area contributed by atoms with Crippen LogP contribution < -0.4 is 15.0 Å². The van der Waals surface area contributed by atoms with Crippen LogP contribution in [0, 0.1) is 0 Å². The number of nitrogens with zero attached hydrogens (tertiary/aromatic N) is 2. The Morgan fingerprint density at radius 3 is 2.42 bits per heavy atom. The highest BCUT2D eigenvalue weighted by Gasteiger charge is 2.61. The summed E-state index contributed by atoms with van der Waals surface area (Å²) in [6.07, 6.45) is -5.24. The van der Waals surface area contributed by atoms with Gasteiger partial charge in [-0.25, -0.2) is 0 Å². The van der Waals surface area contributed by atoms with Crippen molar-refractivity contribution in [3.05, 3.63) is 35.5 Å². The zero-order chi connectivity index (χ0) is 22.4. The van der Waals surface area contributed by atoms with Crippen LogP contribution in [0.1, 0.15) is 36.4 Å². The summed E-state index contributed by atoms with van der Waals surface area (Å²) in [4.78, 5) is 13.6. The van der Waals surface area contributed by atoms with Crippen LogP contribution in [-0.4, -0.2) is 47.1 Å². The van der Waals surface area contributed by atoms with Crippen LogP contribution in [0.5, 0.6) is 5.75 Å². The predicted octanol–water partition coefficient (Wildman–Crippen LogP) is 3.49. The molecule has 168 valence electrons. The standard InChI is InChI=1S/C19H19F5N4O3/c20-17(21)31-12-3-1-11(2-4-12)28-7-5-10(6-8-28)15-14-16(27-26-15)25-13(29)9-18(14,30)19(22,23)24/h1-4,10,17,30H,5-9H2,(H2,25,26,27,29)/t18-/m1/s1. The highest BCUT2D eigenvalue weighted by atomic mass is 19.4. The van der Waals surface area contributed by atoms with Crippen molar-refractivity contribution in [2.24, 2.45) is 0 Å². The molecule has 2 aromatic rings. The maximum absolute atomic E-state index is 13.7. The Labute approximate surface area is 173 Å². The Kier molecular flexibility index (Phi) is 5.28. The lowest BCUT2D eigenvalue weighted by atomic mass is 9.81. The smallest absolute Gasteiger partial charge is 0.422 e. The van der Waals surface area contributed by atoms with E-state index in [2.05, 4.69) is 20.3 Å². The van der Waals surface area contributed by atoms with Crippen molar-refractivity contribution in [3.63, 3.8) is 0 Å². The lowest BCUT2D eigenvalue weighted by Crippen LogP contribution is -2.48. The van der Waals surface area contributed by atoms with Crippen molar-refractivity contribution in [1.82, 2.24) is 10.2 Å². The summed E-state index contributed by atoms with van der Waals surface area (Å²) in [7, 11) is 0. The molecule has 1 saturated heterocycles. The number of halogens is 5. The number of aliphatic hydroxyl groups is 1. The van der Waals surface area contributed by atoms with Crippen LogP contribution in [0.2, 0.25) is 0 Å². The Bertz CT molecular complexity index is 954. The van der Waals surface area contributed by atoms with E-state index in [0.717, 1.165) is 5.69 Å². The van der Waals surface area contributed by atoms with Crippen molar-refractivity contribution in [2.75, 3.05) is 23.3 Å². The molecule has 1 amide bonds. The lowest BCUT2D eigenvalue weighted by molar-refractivity contribution is -0.267. The molecule has 12 heteroatoms. The molecule has 2 aliphatic rings. The van der Waals surface area contributed by atoms with Crippen LogP contribution >= 0.6 is 0 Å². The van der Waals surface area contributed by atoms with E-state index in [-0.39, 0.29) is 23.2 Å². The van der Waals surface area contributed by atoms with Crippen molar-refractivity contribution in [2.45, 2.75) is 43.6 Å². The van der Waals surface area contributed by atoms with Gasteiger partial charge in [-0.05, 0) is 37.1 Å². The number of carbonyl (C=O) groups excluding carboxylic acids is 1. The molecule has 3 N–H and O–H groups in total. The number of fused-ring (bicyclic) bond motifs is 1. The van der Waals surface area contributed by atoms with E-state index in [0.29, 0.717) is 25.9 Å². The number of piperidine rings is 1. The number of benzene rings is 1. The summed E-state index contributed by atoms with van der Waals surface area (Å²) < 4.78 is 69.8. The van der Waals surface area contributed by atoms with Gasteiger partial charge in [0.15, 0.2) is 11.4 Å². The monoisotopic (exact) mass is 446 g/mol. The third kappa shape index (κ3) is 3.91. The molecule has 0 radical (unpaired) electrons. The first-order valence-electron chi connectivity index (χ1n) is 9.56. The second kappa shape index (κ2) is 7.66. The molecule has 3 heterocycles. The van der Waals surface area contributed by atoms with Crippen LogP contribution in [-0.2, 0) is 10.4 Å². The van der Waals surface area contributed by atoms with Crippen LogP contribution in [0.15, 0.2) is 24.3 Å². The van der Waals surface area contributed by atoms with Crippen LogP contribution in [0.25, 0.3) is 0 Å². The average Bonchev–Trinajstić information content (AvgIpc) is 3.12. The summed E-state index contributed by atoms with van der Waals surface area (Å²) in [5.41, 5.74) is -2.79. The summed E-state index contributed by atoms with van der Waals surface area (Å²) in [5.74, 6) is -1.56. The number of H-pyrrole nitrogens is 1. The molecular weight excluding hydrogens is 427 g/mol. The highest BCUT2D eigenvalue weighted by Crippen LogP contribution is 2.49. The van der Waals surface area contributed by atoms with Gasteiger partial charge in [0.2, 0.25) is 5.91 Å². The third-order valence-corrected chi connectivity index (χ3v) is 5.68. The Morgan fingerprint density at radius 2 is 1.84 bits per heavy atom. The fraction of sp³-hybridized carbons (Fsp3) is 0.474. The van der Waals surface area contributed by atoms with Crippen LogP contribution in [0.3, 0.4) is 0 Å². The largest absolute Gasteiger partial charge is 0.435 e. The molecule has 0 saturated carbocycles. The number of amides is 1. The average molecular weight is 446 g/mol. The molecular formula is C19H19F5N4O3. The molecule has 4 rings (SSSR count). The van der Waals surface area contributed by atoms with Gasteiger partial charge in [0.1, 0.15) is 5.75 Å². The molecule has 1 aromatic carbocycles. The number of aromatic amines is 1. The second-order valence-corrected chi connectivity index (χ2v) is 7.58. The second-order valence-electron chi connectivity index (χ2n) is 7.58. The topological polar surface area (TPSA) is 90.5 Å². The molecule has 0 aliphatic carbocycles. The minimum Gasteiger partial charge on any atom is -0.435 e. The minimum absolute atomic E-state index is 0.0335. The summed E-state index contributed by atoms with van der Waals surface area (Å²) in [6, 6.07) is 6.11. The van der Waals surface area contributed by atoms with Crippen molar-refractivity contribution in [1.29, 1.82) is 0 Å². The molecule has 1 fully saturated rings. The Hall–Kier alpha value is -2.89. The summed E-state index contributed by atoms with van der Waals surface area (Å²) >= 11 is 0. The fourth-order valence-corrected chi connectivity index (χ4v) is 4.16. The molecule has 31 heavy (non-hydrogen) atoms. The van der Waals surface area contributed by atoms with E-state index >= 15 is 0 Å². The van der Waals surface area contributed by atoms with Gasteiger partial charge < -0.3 is 20.1 Å². The molecule has 0 spiro atoms. The van der Waals surface area contributed by atoms with E-state index in [1.54, 1.807) is 12.1 Å². The first-order chi connectivity index (χ1) is 14.6. The van der Waals surface area contributed by atoms with E-state index in [1.807, 2.05) is 4.90 Å². The zero-order valence-corrected chi connectivity index (χ0v) is 16.0. The molecule has 1 aromatic heterocycles. The molecule has 0 unspecified atom stereocenters. The number of ether oxygens (including phenoxy) is 1. The van der Waals surface area contributed by atoms with Gasteiger partial charge in [0, 0.05) is 30.4 Å². The first kappa shape index (κ1) is 21.3. The maximum atomic E-state index is 13.7.